The summed E-state index contributed by atoms with van der Waals surface area (Å²) in [6.07, 6.45) is 1.58. The largest absolute Gasteiger partial charge is 0.496 e. The third-order valence-electron chi connectivity index (χ3n) is 6.05. The van der Waals surface area contributed by atoms with Crippen LogP contribution in [0.5, 0.6) is 5.75 Å². The first kappa shape index (κ1) is 25.6. The number of nitrogens with zero attached hydrogens (tertiary/aromatic N) is 3. The van der Waals surface area contributed by atoms with Crippen LogP contribution >= 0.6 is 23.4 Å². The van der Waals surface area contributed by atoms with Crippen LogP contribution in [0.1, 0.15) is 16.8 Å². The quantitative estimate of drug-likeness (QED) is 0.163. The smallest absolute Gasteiger partial charge is 0.342 e. The molecule has 38 heavy (non-hydrogen) atoms. The number of thioether (sulfide) groups is 1. The number of benzene rings is 3. The van der Waals surface area contributed by atoms with Crippen molar-refractivity contribution in [3.05, 3.63) is 99.3 Å². The number of hydrogen-bond donors (Lipinski definition) is 1. The lowest BCUT2D eigenvalue weighted by atomic mass is 10.1. The van der Waals surface area contributed by atoms with Crippen LogP contribution in [-0.4, -0.2) is 33.0 Å². The lowest BCUT2D eigenvalue weighted by Crippen LogP contribution is -2.04. The van der Waals surface area contributed by atoms with Crippen molar-refractivity contribution in [1.29, 1.82) is 0 Å². The van der Waals surface area contributed by atoms with E-state index in [0.29, 0.717) is 34.0 Å². The number of carboxylic acids is 1. The van der Waals surface area contributed by atoms with E-state index in [1.54, 1.807) is 42.5 Å². The minimum absolute atomic E-state index is 0.0184. The fourth-order valence-electron chi connectivity index (χ4n) is 4.21. The number of hydrogen-bond acceptors (Lipinski definition) is 6. The van der Waals surface area contributed by atoms with Crippen molar-refractivity contribution in [2.24, 2.45) is 0 Å². The lowest BCUT2D eigenvalue weighted by Gasteiger charge is -2.09. The molecule has 7 nitrogen and oxygen atoms in total. The molecule has 192 valence electrons. The van der Waals surface area contributed by atoms with E-state index >= 15 is 0 Å². The second-order valence-corrected chi connectivity index (χ2v) is 9.76. The van der Waals surface area contributed by atoms with Gasteiger partial charge in [0.15, 0.2) is 0 Å². The number of aliphatic carboxylic acids is 1. The van der Waals surface area contributed by atoms with Gasteiger partial charge in [0.1, 0.15) is 16.5 Å². The molecule has 0 aliphatic rings. The highest BCUT2D eigenvalue weighted by atomic mass is 35.5. The number of ether oxygens (including phenoxy) is 1. The summed E-state index contributed by atoms with van der Waals surface area (Å²) in [5, 5.41) is 19.4. The number of fused-ring (bicyclic) bond motifs is 1. The molecule has 0 bridgehead atoms. The second-order valence-electron chi connectivity index (χ2n) is 8.33. The molecule has 10 heteroatoms. The van der Waals surface area contributed by atoms with Gasteiger partial charge < -0.3 is 18.8 Å². The summed E-state index contributed by atoms with van der Waals surface area (Å²) in [7, 11) is 1.51. The Morgan fingerprint density at radius 2 is 1.92 bits per heavy atom. The molecule has 5 rings (SSSR count). The fourth-order valence-corrected chi connectivity index (χ4v) is 5.03. The molecule has 3 aromatic carbocycles. The number of methoxy groups -OCH3 is 1. The topological polar surface area (TPSA) is 90.4 Å². The van der Waals surface area contributed by atoms with Crippen LogP contribution < -0.4 is 4.74 Å². The van der Waals surface area contributed by atoms with Gasteiger partial charge in [0.2, 0.25) is 0 Å². The van der Waals surface area contributed by atoms with Crippen molar-refractivity contribution >= 4 is 46.3 Å². The van der Waals surface area contributed by atoms with Gasteiger partial charge in [-0.1, -0.05) is 48.0 Å². The van der Waals surface area contributed by atoms with Gasteiger partial charge in [0.05, 0.1) is 19.2 Å². The summed E-state index contributed by atoms with van der Waals surface area (Å²) in [6, 6.07) is 19.2. The first-order chi connectivity index (χ1) is 18.4. The van der Waals surface area contributed by atoms with Gasteiger partial charge in [-0.3, -0.25) is 0 Å². The number of para-hydroxylation sites is 1. The van der Waals surface area contributed by atoms with E-state index in [9.17, 15) is 14.3 Å². The van der Waals surface area contributed by atoms with Gasteiger partial charge in [-0.15, -0.1) is 10.2 Å². The van der Waals surface area contributed by atoms with Gasteiger partial charge >= 0.3 is 5.97 Å². The third-order valence-corrected chi connectivity index (χ3v) is 7.13. The van der Waals surface area contributed by atoms with Crippen LogP contribution in [0.4, 0.5) is 4.39 Å². The Morgan fingerprint density at radius 1 is 1.16 bits per heavy atom. The van der Waals surface area contributed by atoms with E-state index in [4.69, 9.17) is 20.8 Å². The Bertz CT molecular complexity index is 1700. The summed E-state index contributed by atoms with van der Waals surface area (Å²) in [5.74, 6) is -0.816. The van der Waals surface area contributed by atoms with Crippen LogP contribution in [0.25, 0.3) is 28.4 Å². The van der Waals surface area contributed by atoms with E-state index < -0.39 is 5.97 Å². The van der Waals surface area contributed by atoms with E-state index in [1.807, 2.05) is 35.8 Å². The first-order valence-corrected chi connectivity index (χ1v) is 12.7. The standard InChI is InChI=1S/C28H21ClFN3O4S/c1-16-20(19-8-4-6-10-23(19)33(16)15-17-7-3-5-9-22(17)30)14-25(27(34)35)38-28-32-31-26(37-28)21-13-18(29)11-12-24(21)36-2/h3-14H,15H2,1-2H3,(H,34,35)/b25-14-. The van der Waals surface area contributed by atoms with E-state index in [-0.39, 0.29) is 21.8 Å². The maximum atomic E-state index is 14.4. The minimum Gasteiger partial charge on any atom is -0.496 e. The molecule has 0 spiro atoms. The average Bonchev–Trinajstić information content (AvgIpc) is 3.48. The van der Waals surface area contributed by atoms with E-state index in [0.717, 1.165) is 28.4 Å². The Labute approximate surface area is 226 Å². The van der Waals surface area contributed by atoms with E-state index in [2.05, 4.69) is 10.2 Å². The van der Waals surface area contributed by atoms with Gasteiger partial charge in [-0.05, 0) is 55.1 Å². The number of carboxylic acid groups (broad SMARTS) is 1. The van der Waals surface area contributed by atoms with Crippen LogP contribution in [0, 0.1) is 12.7 Å². The summed E-state index contributed by atoms with van der Waals surface area (Å²) >= 11 is 6.95. The molecule has 0 saturated heterocycles. The molecule has 0 atom stereocenters. The normalized spacial score (nSPS) is 11.7. The van der Waals surface area contributed by atoms with Crippen molar-refractivity contribution in [1.82, 2.24) is 14.8 Å². The number of halogens is 2. The number of aromatic nitrogens is 3. The number of rotatable bonds is 8. The van der Waals surface area contributed by atoms with Gasteiger partial charge in [0.25, 0.3) is 11.1 Å². The Balaban J connectivity index is 1.53. The molecule has 0 saturated carbocycles. The molecule has 0 amide bonds. The van der Waals surface area contributed by atoms with Crippen molar-refractivity contribution in [2.75, 3.05) is 7.11 Å². The Morgan fingerprint density at radius 3 is 2.68 bits per heavy atom. The lowest BCUT2D eigenvalue weighted by molar-refractivity contribution is -0.131. The molecule has 0 unspecified atom stereocenters. The minimum atomic E-state index is -1.15. The molecule has 0 aliphatic heterocycles. The Hall–Kier alpha value is -4.08. The highest BCUT2D eigenvalue weighted by Crippen LogP contribution is 2.36. The predicted molar refractivity (Wildman–Crippen MR) is 145 cm³/mol. The average molecular weight is 550 g/mol. The summed E-state index contributed by atoms with van der Waals surface area (Å²) in [6.45, 7) is 2.18. The van der Waals surface area contributed by atoms with Crippen molar-refractivity contribution in [3.63, 3.8) is 0 Å². The highest BCUT2D eigenvalue weighted by Gasteiger charge is 2.21. The molecular formula is C28H21ClFN3O4S. The van der Waals surface area contributed by atoms with Crippen LogP contribution in [0.3, 0.4) is 0 Å². The molecule has 1 N–H and O–H groups in total. The molecule has 2 aromatic heterocycles. The molecule has 5 aromatic rings. The summed E-state index contributed by atoms with van der Waals surface area (Å²) < 4.78 is 27.5. The molecule has 0 radical (unpaired) electrons. The molecule has 0 fully saturated rings. The summed E-state index contributed by atoms with van der Waals surface area (Å²) in [5.41, 5.74) is 3.39. The zero-order valence-corrected chi connectivity index (χ0v) is 21.9. The van der Waals surface area contributed by atoms with Crippen LogP contribution in [0.15, 0.2) is 81.3 Å². The predicted octanol–water partition coefficient (Wildman–Crippen LogP) is 7.07. The zero-order chi connectivity index (χ0) is 26.8. The van der Waals surface area contributed by atoms with E-state index in [1.165, 1.54) is 13.2 Å². The van der Waals surface area contributed by atoms with Crippen molar-refractivity contribution in [2.45, 2.75) is 18.7 Å². The van der Waals surface area contributed by atoms with Crippen LogP contribution in [0.2, 0.25) is 5.02 Å². The highest BCUT2D eigenvalue weighted by molar-refractivity contribution is 8.03. The van der Waals surface area contributed by atoms with Crippen LogP contribution in [-0.2, 0) is 11.3 Å². The fraction of sp³-hybridized carbons (Fsp3) is 0.107. The third kappa shape index (κ3) is 5.03. The summed E-state index contributed by atoms with van der Waals surface area (Å²) in [4.78, 5) is 12.2. The van der Waals surface area contributed by atoms with Crippen molar-refractivity contribution in [3.8, 4) is 17.2 Å². The SMILES string of the molecule is COc1ccc(Cl)cc1-c1nnc(S/C(=C\c2c(C)n(Cc3ccccc3F)c3ccccc23)C(=O)O)o1. The van der Waals surface area contributed by atoms with Gasteiger partial charge in [-0.25, -0.2) is 9.18 Å². The maximum Gasteiger partial charge on any atom is 0.342 e. The van der Waals surface area contributed by atoms with Gasteiger partial charge in [0, 0.05) is 32.7 Å². The number of carbonyl (C=O) groups is 1. The molecule has 0 aliphatic carbocycles. The molecular weight excluding hydrogens is 529 g/mol. The van der Waals surface area contributed by atoms with Gasteiger partial charge in [-0.2, -0.15) is 0 Å². The van der Waals surface area contributed by atoms with Crippen molar-refractivity contribution < 1.29 is 23.4 Å². The second kappa shape index (κ2) is 10.7. The molecule has 2 heterocycles. The monoisotopic (exact) mass is 549 g/mol. The zero-order valence-electron chi connectivity index (χ0n) is 20.3. The Kier molecular flexibility index (Phi) is 7.22. The first-order valence-electron chi connectivity index (χ1n) is 11.5. The maximum absolute atomic E-state index is 14.4.